The van der Waals surface area contributed by atoms with E-state index in [0.29, 0.717) is 16.8 Å². The number of rotatable bonds is 8. The fourth-order valence-electron chi connectivity index (χ4n) is 2.78. The van der Waals surface area contributed by atoms with Crippen LogP contribution < -0.4 is 10.0 Å². The summed E-state index contributed by atoms with van der Waals surface area (Å²) in [5.41, 5.74) is 0.328. The second-order valence-corrected chi connectivity index (χ2v) is 9.57. The minimum Gasteiger partial charge on any atom is -0.506 e. The molecule has 0 bridgehead atoms. The summed E-state index contributed by atoms with van der Waals surface area (Å²) >= 11 is 9.03. The molecule has 0 unspecified atom stereocenters. The van der Waals surface area contributed by atoms with Crippen LogP contribution in [0.3, 0.4) is 0 Å². The van der Waals surface area contributed by atoms with Crippen LogP contribution in [-0.4, -0.2) is 36.3 Å². The maximum atomic E-state index is 14.5. The van der Waals surface area contributed by atoms with Crippen molar-refractivity contribution in [3.63, 3.8) is 0 Å². The third-order valence-electron chi connectivity index (χ3n) is 4.39. The number of nitrogens with one attached hydrogen (secondary N) is 2. The smallest absolute Gasteiger partial charge is 0.256 e. The molecule has 164 valence electrons. The molecule has 0 atom stereocenters. The third kappa shape index (κ3) is 5.51. The van der Waals surface area contributed by atoms with Crippen molar-refractivity contribution in [1.82, 2.24) is 15.0 Å². The first-order valence-corrected chi connectivity index (χ1v) is 12.1. The Kier molecular flexibility index (Phi) is 7.47. The lowest BCUT2D eigenvalue weighted by Gasteiger charge is -2.11. The number of carbonyl (C=O) groups excluding carboxylic acids is 1. The molecule has 3 N–H and O–H groups in total. The van der Waals surface area contributed by atoms with E-state index in [1.54, 1.807) is 24.3 Å². The number of sulfonamides is 1. The molecule has 7 nitrogen and oxygen atoms in total. The van der Waals surface area contributed by atoms with Crippen LogP contribution in [-0.2, 0) is 16.6 Å². The van der Waals surface area contributed by atoms with Gasteiger partial charge in [-0.15, -0.1) is 0 Å². The second-order valence-electron chi connectivity index (χ2n) is 6.57. The first-order valence-electron chi connectivity index (χ1n) is 9.12. The van der Waals surface area contributed by atoms with Crippen molar-refractivity contribution in [3.05, 3.63) is 64.6 Å². The van der Waals surface area contributed by atoms with Crippen LogP contribution in [0.2, 0.25) is 5.02 Å². The molecule has 0 aliphatic heterocycles. The topological polar surface area (TPSA) is 108 Å². The Balaban J connectivity index is 1.90. The van der Waals surface area contributed by atoms with E-state index in [1.165, 1.54) is 0 Å². The lowest BCUT2D eigenvalue weighted by atomic mass is 10.1. The molecule has 3 rings (SSSR count). The first kappa shape index (κ1) is 23.4. The van der Waals surface area contributed by atoms with E-state index < -0.39 is 27.5 Å². The maximum Gasteiger partial charge on any atom is 0.256 e. The molecule has 1 amide bonds. The Hall–Kier alpha value is -2.27. The predicted octanol–water partition coefficient (Wildman–Crippen LogP) is 3.73. The summed E-state index contributed by atoms with van der Waals surface area (Å²) in [4.78, 5) is 16.0. The third-order valence-corrected chi connectivity index (χ3v) is 6.65. The average Bonchev–Trinajstić information content (AvgIpc) is 2.74. The van der Waals surface area contributed by atoms with Crippen molar-refractivity contribution >= 4 is 54.4 Å². The van der Waals surface area contributed by atoms with Crippen LogP contribution in [0.1, 0.15) is 22.3 Å². The molecule has 0 aliphatic rings. The lowest BCUT2D eigenvalue weighted by molar-refractivity contribution is 0.0948. The summed E-state index contributed by atoms with van der Waals surface area (Å²) in [7, 11) is -4.01. The highest BCUT2D eigenvalue weighted by atomic mass is 79.9. The molecular formula is C20H18BrClFN3O4S. The quantitative estimate of drug-likeness (QED) is 0.304. The Labute approximate surface area is 191 Å². The summed E-state index contributed by atoms with van der Waals surface area (Å²) in [5, 5.41) is 14.2. The van der Waals surface area contributed by atoms with Gasteiger partial charge in [0.25, 0.3) is 5.91 Å². The minimum atomic E-state index is -4.01. The van der Waals surface area contributed by atoms with Gasteiger partial charge in [-0.1, -0.05) is 39.7 Å². The number of fused-ring (bicyclic) bond motifs is 1. The Morgan fingerprint density at radius 3 is 2.61 bits per heavy atom. The number of pyridine rings is 1. The van der Waals surface area contributed by atoms with Crippen molar-refractivity contribution in [3.8, 4) is 5.75 Å². The van der Waals surface area contributed by atoms with Gasteiger partial charge in [-0.05, 0) is 36.2 Å². The van der Waals surface area contributed by atoms with Gasteiger partial charge in [0.05, 0.1) is 4.90 Å². The summed E-state index contributed by atoms with van der Waals surface area (Å²) < 4.78 is 41.7. The number of carbonyl (C=O) groups is 1. The molecule has 1 heterocycles. The summed E-state index contributed by atoms with van der Waals surface area (Å²) in [6.07, 6.45) is 1.58. The minimum absolute atomic E-state index is 0.157. The average molecular weight is 531 g/mol. The maximum absolute atomic E-state index is 14.5. The largest absolute Gasteiger partial charge is 0.506 e. The lowest BCUT2D eigenvalue weighted by Crippen LogP contribution is -2.25. The number of hydrogen-bond acceptors (Lipinski definition) is 5. The van der Waals surface area contributed by atoms with Crippen LogP contribution in [0.15, 0.2) is 47.5 Å². The van der Waals surface area contributed by atoms with Crippen LogP contribution in [0, 0.1) is 5.82 Å². The fraction of sp³-hybridized carbons (Fsp3) is 0.200. The van der Waals surface area contributed by atoms with Crippen molar-refractivity contribution in [2.75, 3.05) is 11.9 Å². The van der Waals surface area contributed by atoms with E-state index in [2.05, 4.69) is 31.0 Å². The Morgan fingerprint density at radius 2 is 1.94 bits per heavy atom. The van der Waals surface area contributed by atoms with E-state index in [0.717, 1.165) is 23.9 Å². The number of aromatic hydroxyl groups is 1. The normalized spacial score (nSPS) is 11.6. The zero-order chi connectivity index (χ0) is 22.6. The molecule has 31 heavy (non-hydrogen) atoms. The molecule has 2 aromatic carbocycles. The van der Waals surface area contributed by atoms with Crippen LogP contribution in [0.25, 0.3) is 10.9 Å². The molecule has 0 fully saturated rings. The summed E-state index contributed by atoms with van der Waals surface area (Å²) in [6, 6.07) is 8.73. The van der Waals surface area contributed by atoms with Crippen molar-refractivity contribution < 1.29 is 22.7 Å². The van der Waals surface area contributed by atoms with Crippen LogP contribution >= 0.6 is 27.5 Å². The molecular weight excluding hydrogens is 513 g/mol. The number of nitrogens with zero attached hydrogens (tertiary/aromatic N) is 1. The van der Waals surface area contributed by atoms with E-state index in [1.807, 2.05) is 0 Å². The van der Waals surface area contributed by atoms with E-state index >= 15 is 0 Å². The van der Waals surface area contributed by atoms with Gasteiger partial charge in [0, 0.05) is 35.0 Å². The van der Waals surface area contributed by atoms with E-state index in [9.17, 15) is 22.7 Å². The number of hydrogen-bond donors (Lipinski definition) is 3. The second kappa shape index (κ2) is 9.90. The fourth-order valence-corrected chi connectivity index (χ4v) is 4.30. The van der Waals surface area contributed by atoms with Gasteiger partial charge in [0.2, 0.25) is 10.0 Å². The number of benzene rings is 2. The Morgan fingerprint density at radius 1 is 1.23 bits per heavy atom. The zero-order valence-corrected chi connectivity index (χ0v) is 19.2. The first-order chi connectivity index (χ1) is 14.7. The number of halogens is 3. The zero-order valence-electron chi connectivity index (χ0n) is 16.0. The van der Waals surface area contributed by atoms with Gasteiger partial charge in [0.1, 0.15) is 16.8 Å². The number of aromatic nitrogens is 1. The SMILES string of the molecule is O=C(NCc1ccc(Cl)cc1)c1cnc2c(F)cc(S(=O)(=O)NCCCBr)cc2c1O. The molecule has 0 spiro atoms. The van der Waals surface area contributed by atoms with Crippen LogP contribution in [0.4, 0.5) is 4.39 Å². The molecule has 0 saturated carbocycles. The predicted molar refractivity (Wildman–Crippen MR) is 120 cm³/mol. The number of amides is 1. The molecule has 0 radical (unpaired) electrons. The standard InChI is InChI=1S/C20H18BrClFN3O4S/c21-6-1-7-26-31(29,30)14-8-15-18(17(23)9-14)24-11-16(19(15)27)20(28)25-10-12-2-4-13(22)5-3-12/h2-5,8-9,11,26H,1,6-7,10H2,(H,24,27)(H,25,28). The summed E-state index contributed by atoms with van der Waals surface area (Å²) in [5.74, 6) is -2.14. The summed E-state index contributed by atoms with van der Waals surface area (Å²) in [6.45, 7) is 0.318. The van der Waals surface area contributed by atoms with Crippen LogP contribution in [0.5, 0.6) is 5.75 Å². The van der Waals surface area contributed by atoms with Crippen molar-refractivity contribution in [2.45, 2.75) is 17.9 Å². The monoisotopic (exact) mass is 529 g/mol. The molecule has 1 aromatic heterocycles. The van der Waals surface area contributed by atoms with Gasteiger partial charge >= 0.3 is 0 Å². The molecule has 3 aromatic rings. The Bertz CT molecular complexity index is 1220. The van der Waals surface area contributed by atoms with Gasteiger partial charge in [-0.25, -0.2) is 17.5 Å². The van der Waals surface area contributed by atoms with Crippen molar-refractivity contribution in [2.24, 2.45) is 0 Å². The van der Waals surface area contributed by atoms with Gasteiger partial charge in [-0.3, -0.25) is 9.78 Å². The van der Waals surface area contributed by atoms with Crippen molar-refractivity contribution in [1.29, 1.82) is 0 Å². The molecule has 11 heteroatoms. The van der Waals surface area contributed by atoms with E-state index in [4.69, 9.17) is 11.6 Å². The highest BCUT2D eigenvalue weighted by molar-refractivity contribution is 9.09. The van der Waals surface area contributed by atoms with Gasteiger partial charge in [-0.2, -0.15) is 0 Å². The number of alkyl halides is 1. The molecule has 0 aliphatic carbocycles. The highest BCUT2D eigenvalue weighted by Crippen LogP contribution is 2.31. The van der Waals surface area contributed by atoms with Gasteiger partial charge in [0.15, 0.2) is 5.82 Å². The van der Waals surface area contributed by atoms with E-state index in [-0.39, 0.29) is 34.5 Å². The van der Waals surface area contributed by atoms with Gasteiger partial charge < -0.3 is 10.4 Å². The molecule has 0 saturated heterocycles. The highest BCUT2D eigenvalue weighted by Gasteiger charge is 2.21.